The molecule has 1 fully saturated rings. The molecule has 6 heteroatoms. The van der Waals surface area contributed by atoms with E-state index in [1.165, 1.54) is 11.1 Å². The van der Waals surface area contributed by atoms with Crippen LogP contribution in [0.5, 0.6) is 0 Å². The lowest BCUT2D eigenvalue weighted by atomic mass is 9.83. The number of ether oxygens (including phenoxy) is 2. The minimum Gasteiger partial charge on any atom is -0.368 e. The molecule has 152 valence electrons. The number of anilines is 1. The molecule has 0 spiro atoms. The van der Waals surface area contributed by atoms with Crippen LogP contribution in [0.1, 0.15) is 50.1 Å². The van der Waals surface area contributed by atoms with Gasteiger partial charge in [0.1, 0.15) is 23.5 Å². The van der Waals surface area contributed by atoms with Gasteiger partial charge in [-0.3, -0.25) is 0 Å². The summed E-state index contributed by atoms with van der Waals surface area (Å²) in [7, 11) is 0. The molecule has 0 saturated carbocycles. The highest BCUT2D eigenvalue weighted by atomic mass is 16.6. The van der Waals surface area contributed by atoms with Crippen LogP contribution in [0.2, 0.25) is 0 Å². The summed E-state index contributed by atoms with van der Waals surface area (Å²) in [6.45, 7) is 8.08. The van der Waals surface area contributed by atoms with E-state index in [-0.39, 0.29) is 18.1 Å². The summed E-state index contributed by atoms with van der Waals surface area (Å²) >= 11 is 0. The maximum atomic E-state index is 6.63. The molecule has 5 rings (SSSR count). The fourth-order valence-corrected chi connectivity index (χ4v) is 4.84. The van der Waals surface area contributed by atoms with E-state index in [1.807, 2.05) is 10.6 Å². The van der Waals surface area contributed by atoms with Crippen molar-refractivity contribution in [3.8, 4) is 0 Å². The van der Waals surface area contributed by atoms with Gasteiger partial charge in [-0.15, -0.1) is 0 Å². The number of nitrogens with zero attached hydrogens (tertiary/aromatic N) is 3. The summed E-state index contributed by atoms with van der Waals surface area (Å²) in [5, 5.41) is 7.96. The smallest absolute Gasteiger partial charge is 0.154 e. The molecule has 4 heterocycles. The van der Waals surface area contributed by atoms with E-state index < -0.39 is 5.60 Å². The van der Waals surface area contributed by atoms with Crippen LogP contribution in [0, 0.1) is 5.92 Å². The van der Waals surface area contributed by atoms with E-state index in [1.54, 1.807) is 6.33 Å². The molecule has 3 aromatic rings. The predicted molar refractivity (Wildman–Crippen MR) is 112 cm³/mol. The molecule has 1 saturated heterocycles. The second kappa shape index (κ2) is 7.11. The van der Waals surface area contributed by atoms with Gasteiger partial charge >= 0.3 is 0 Å². The largest absolute Gasteiger partial charge is 0.368 e. The Kier molecular flexibility index (Phi) is 4.56. The molecule has 4 atom stereocenters. The number of rotatable bonds is 5. The van der Waals surface area contributed by atoms with Crippen LogP contribution in [-0.4, -0.2) is 32.8 Å². The fourth-order valence-electron chi connectivity index (χ4n) is 4.84. The van der Waals surface area contributed by atoms with Crippen LogP contribution < -0.4 is 5.32 Å². The first-order chi connectivity index (χ1) is 14.1. The van der Waals surface area contributed by atoms with E-state index in [4.69, 9.17) is 9.47 Å². The first-order valence-corrected chi connectivity index (χ1v) is 10.5. The molecule has 1 aromatic carbocycles. The van der Waals surface area contributed by atoms with Gasteiger partial charge in [0.2, 0.25) is 0 Å². The van der Waals surface area contributed by atoms with Gasteiger partial charge in [0.05, 0.1) is 18.4 Å². The number of hydrogen-bond acceptors (Lipinski definition) is 5. The standard InChI is InChI=1S/C23H28N4O2/c1-4-19-15(2)23(3,28-13-16-8-6-5-7-9-16)21(29-19)18-12-17-10-11-24-22-20(17)27(18)26-14-25-22/h5-9,12,14-15,19,21H,4,10-11,13H2,1-3H3,(H,24,25,26)/t15-,19-,21+,23-/m1/s1. The van der Waals surface area contributed by atoms with Gasteiger partial charge in [0.25, 0.3) is 0 Å². The average molecular weight is 393 g/mol. The lowest BCUT2D eigenvalue weighted by molar-refractivity contribution is -0.107. The van der Waals surface area contributed by atoms with Gasteiger partial charge in [-0.2, -0.15) is 5.10 Å². The lowest BCUT2D eigenvalue weighted by Gasteiger charge is -2.34. The summed E-state index contributed by atoms with van der Waals surface area (Å²) in [5.74, 6) is 1.16. The van der Waals surface area contributed by atoms with Crippen LogP contribution in [-0.2, 0) is 22.5 Å². The van der Waals surface area contributed by atoms with Crippen LogP contribution in [0.3, 0.4) is 0 Å². The Hall–Kier alpha value is -2.44. The molecule has 29 heavy (non-hydrogen) atoms. The zero-order valence-corrected chi connectivity index (χ0v) is 17.3. The monoisotopic (exact) mass is 392 g/mol. The van der Waals surface area contributed by atoms with E-state index in [2.05, 4.69) is 66.5 Å². The highest BCUT2D eigenvalue weighted by molar-refractivity contribution is 5.75. The van der Waals surface area contributed by atoms with Crippen LogP contribution in [0.15, 0.2) is 42.7 Å². The zero-order chi connectivity index (χ0) is 20.0. The van der Waals surface area contributed by atoms with E-state index in [0.29, 0.717) is 6.61 Å². The molecule has 0 bridgehead atoms. The van der Waals surface area contributed by atoms with Gasteiger partial charge in [0, 0.05) is 12.5 Å². The van der Waals surface area contributed by atoms with Crippen molar-refractivity contribution in [1.82, 2.24) is 14.6 Å². The van der Waals surface area contributed by atoms with Crippen molar-refractivity contribution in [2.45, 2.75) is 58.0 Å². The third kappa shape index (κ3) is 2.93. The normalized spacial score (nSPS) is 28.6. The van der Waals surface area contributed by atoms with Crippen molar-refractivity contribution < 1.29 is 9.47 Å². The number of nitrogens with one attached hydrogen (secondary N) is 1. The molecule has 0 radical (unpaired) electrons. The van der Waals surface area contributed by atoms with Crippen molar-refractivity contribution in [2.75, 3.05) is 11.9 Å². The molecule has 6 nitrogen and oxygen atoms in total. The highest BCUT2D eigenvalue weighted by Crippen LogP contribution is 2.49. The van der Waals surface area contributed by atoms with Gasteiger partial charge in [-0.1, -0.05) is 44.2 Å². The van der Waals surface area contributed by atoms with Crippen molar-refractivity contribution in [3.63, 3.8) is 0 Å². The summed E-state index contributed by atoms with van der Waals surface area (Å²) in [6.07, 6.45) is 3.50. The van der Waals surface area contributed by atoms with Gasteiger partial charge in [0.15, 0.2) is 5.82 Å². The third-order valence-corrected chi connectivity index (χ3v) is 6.70. The SMILES string of the molecule is CC[C@H]1O[C@@H](c2cc3c4c(ncnn24)NCC3)[C@](C)(OCc2ccccc2)[C@@H]1C. The first-order valence-electron chi connectivity index (χ1n) is 10.5. The Balaban J connectivity index is 1.55. The van der Waals surface area contributed by atoms with Gasteiger partial charge in [-0.25, -0.2) is 9.50 Å². The summed E-state index contributed by atoms with van der Waals surface area (Å²) < 4.78 is 15.2. The molecule has 0 amide bonds. The minimum absolute atomic E-state index is 0.152. The molecule has 2 aliphatic heterocycles. The number of benzene rings is 1. The second-order valence-corrected chi connectivity index (χ2v) is 8.35. The molecular formula is C23H28N4O2. The zero-order valence-electron chi connectivity index (χ0n) is 17.3. The maximum absolute atomic E-state index is 6.63. The number of hydrogen-bond donors (Lipinski definition) is 1. The highest BCUT2D eigenvalue weighted by Gasteiger charge is 2.53. The van der Waals surface area contributed by atoms with E-state index >= 15 is 0 Å². The predicted octanol–water partition coefficient (Wildman–Crippen LogP) is 4.16. The first kappa shape index (κ1) is 18.6. The Morgan fingerprint density at radius 2 is 2.14 bits per heavy atom. The van der Waals surface area contributed by atoms with Crippen molar-refractivity contribution in [1.29, 1.82) is 0 Å². The fraction of sp³-hybridized carbons (Fsp3) is 0.478. The summed E-state index contributed by atoms with van der Waals surface area (Å²) in [4.78, 5) is 4.42. The Morgan fingerprint density at radius 3 is 2.93 bits per heavy atom. The van der Waals surface area contributed by atoms with Crippen molar-refractivity contribution in [3.05, 3.63) is 59.5 Å². The molecule has 2 aliphatic rings. The second-order valence-electron chi connectivity index (χ2n) is 8.35. The lowest BCUT2D eigenvalue weighted by Crippen LogP contribution is -2.39. The summed E-state index contributed by atoms with van der Waals surface area (Å²) in [5.41, 5.74) is 4.12. The molecular weight excluding hydrogens is 364 g/mol. The molecule has 0 unspecified atom stereocenters. The van der Waals surface area contributed by atoms with Crippen molar-refractivity contribution in [2.24, 2.45) is 5.92 Å². The van der Waals surface area contributed by atoms with Crippen LogP contribution in [0.4, 0.5) is 5.82 Å². The van der Waals surface area contributed by atoms with E-state index in [0.717, 1.165) is 36.4 Å². The van der Waals surface area contributed by atoms with E-state index in [9.17, 15) is 0 Å². The third-order valence-electron chi connectivity index (χ3n) is 6.70. The average Bonchev–Trinajstić information content (AvgIpc) is 3.25. The van der Waals surface area contributed by atoms with Gasteiger partial charge < -0.3 is 14.8 Å². The topological polar surface area (TPSA) is 60.7 Å². The minimum atomic E-state index is -0.450. The van der Waals surface area contributed by atoms with Gasteiger partial charge in [-0.05, 0) is 37.0 Å². The molecule has 2 aromatic heterocycles. The van der Waals surface area contributed by atoms with Crippen LogP contribution >= 0.6 is 0 Å². The number of aromatic nitrogens is 3. The summed E-state index contributed by atoms with van der Waals surface area (Å²) in [6, 6.07) is 12.6. The quantitative estimate of drug-likeness (QED) is 0.706. The molecule has 1 N–H and O–H groups in total. The molecule has 0 aliphatic carbocycles. The van der Waals surface area contributed by atoms with Crippen LogP contribution in [0.25, 0.3) is 5.52 Å². The Morgan fingerprint density at radius 1 is 1.31 bits per heavy atom. The Bertz CT molecular complexity index is 1020. The maximum Gasteiger partial charge on any atom is 0.154 e. The van der Waals surface area contributed by atoms with Crippen molar-refractivity contribution >= 4 is 11.3 Å². The Labute approximate surface area is 171 Å².